The van der Waals surface area contributed by atoms with Crippen molar-refractivity contribution in [2.24, 2.45) is 0 Å². The number of hydrogen-bond acceptors (Lipinski definition) is 1. The third kappa shape index (κ3) is 2.93. The van der Waals surface area contributed by atoms with Crippen molar-refractivity contribution in [1.29, 1.82) is 0 Å². The second kappa shape index (κ2) is 4.50. The molecule has 1 aromatic rings. The van der Waals surface area contributed by atoms with Gasteiger partial charge in [0, 0.05) is 10.9 Å². The molecule has 1 atom stereocenters. The van der Waals surface area contributed by atoms with Gasteiger partial charge in [-0.15, -0.1) is 0 Å². The van der Waals surface area contributed by atoms with Crippen LogP contribution in [0.25, 0.3) is 0 Å². The normalized spacial score (nSPS) is 25.5. The molecule has 80 valence electrons. The predicted octanol–water partition coefficient (Wildman–Crippen LogP) is 3.46. The lowest BCUT2D eigenvalue weighted by Gasteiger charge is -2.27. The quantitative estimate of drug-likeness (QED) is 0.813. The first-order valence-corrected chi connectivity index (χ1v) is 6.12. The Hall–Kier alpha value is -0.600. The zero-order valence-electron chi connectivity index (χ0n) is 8.62. The summed E-state index contributed by atoms with van der Waals surface area (Å²) in [7, 11) is 0. The fourth-order valence-corrected chi connectivity index (χ4v) is 2.51. The zero-order valence-corrected chi connectivity index (χ0v) is 10.2. The topological polar surface area (TPSA) is 20.2 Å². The van der Waals surface area contributed by atoms with Crippen molar-refractivity contribution in [2.45, 2.75) is 31.3 Å². The first-order chi connectivity index (χ1) is 7.18. The van der Waals surface area contributed by atoms with Crippen LogP contribution in [0, 0.1) is 0 Å². The molecule has 0 bridgehead atoms. The van der Waals surface area contributed by atoms with E-state index in [2.05, 4.69) is 34.1 Å². The highest BCUT2D eigenvalue weighted by Gasteiger charge is 2.25. The zero-order chi connectivity index (χ0) is 10.7. The molecule has 1 N–H and O–H groups in total. The molecule has 15 heavy (non-hydrogen) atoms. The second-order valence-corrected chi connectivity index (χ2v) is 5.12. The fourth-order valence-electron chi connectivity index (χ4n) is 2.06. The Morgan fingerprint density at radius 1 is 1.40 bits per heavy atom. The Bertz CT molecular complexity index is 373. The van der Waals surface area contributed by atoms with E-state index in [0.717, 1.165) is 23.7 Å². The van der Waals surface area contributed by atoms with Gasteiger partial charge < -0.3 is 5.11 Å². The van der Waals surface area contributed by atoms with Crippen LogP contribution in [-0.4, -0.2) is 10.7 Å². The predicted molar refractivity (Wildman–Crippen MR) is 65.8 cm³/mol. The SMILES string of the molecule is OC1(Cc2cccc(Br)c2)C=CCCC1. The van der Waals surface area contributed by atoms with E-state index in [4.69, 9.17) is 0 Å². The lowest BCUT2D eigenvalue weighted by molar-refractivity contribution is 0.0751. The highest BCUT2D eigenvalue weighted by molar-refractivity contribution is 9.10. The fraction of sp³-hybridized carbons (Fsp3) is 0.385. The Kier molecular flexibility index (Phi) is 3.27. The summed E-state index contributed by atoms with van der Waals surface area (Å²) in [4.78, 5) is 0. The lowest BCUT2D eigenvalue weighted by atomic mass is 9.85. The first kappa shape index (κ1) is 10.9. The standard InChI is InChI=1S/C13H15BrO/c14-12-6-4-5-11(9-12)10-13(15)7-2-1-3-8-13/h2,4-7,9,15H,1,3,8,10H2. The van der Waals surface area contributed by atoms with Gasteiger partial charge in [0.05, 0.1) is 5.60 Å². The maximum Gasteiger partial charge on any atom is 0.0868 e. The Labute approximate surface area is 99.0 Å². The van der Waals surface area contributed by atoms with Crippen molar-refractivity contribution in [3.63, 3.8) is 0 Å². The number of aliphatic hydroxyl groups is 1. The third-order valence-electron chi connectivity index (χ3n) is 2.81. The van der Waals surface area contributed by atoms with Crippen molar-refractivity contribution >= 4 is 15.9 Å². The van der Waals surface area contributed by atoms with E-state index >= 15 is 0 Å². The van der Waals surface area contributed by atoms with E-state index in [1.807, 2.05) is 18.2 Å². The van der Waals surface area contributed by atoms with Gasteiger partial charge in [-0.1, -0.05) is 40.2 Å². The molecule has 1 aliphatic rings. The van der Waals surface area contributed by atoms with E-state index in [0.29, 0.717) is 6.42 Å². The van der Waals surface area contributed by atoms with Crippen molar-refractivity contribution in [1.82, 2.24) is 0 Å². The van der Waals surface area contributed by atoms with Crippen LogP contribution in [0.3, 0.4) is 0 Å². The maximum absolute atomic E-state index is 10.3. The highest BCUT2D eigenvalue weighted by atomic mass is 79.9. The number of benzene rings is 1. The maximum atomic E-state index is 10.3. The molecule has 1 unspecified atom stereocenters. The molecule has 0 saturated heterocycles. The van der Waals surface area contributed by atoms with Crippen LogP contribution in [0.2, 0.25) is 0 Å². The van der Waals surface area contributed by atoms with Crippen LogP contribution in [0.15, 0.2) is 40.9 Å². The smallest absolute Gasteiger partial charge is 0.0868 e. The Morgan fingerprint density at radius 3 is 2.93 bits per heavy atom. The molecule has 1 aromatic carbocycles. The van der Waals surface area contributed by atoms with Gasteiger partial charge >= 0.3 is 0 Å². The van der Waals surface area contributed by atoms with Crippen LogP contribution in [0.4, 0.5) is 0 Å². The molecule has 0 heterocycles. The third-order valence-corrected chi connectivity index (χ3v) is 3.30. The van der Waals surface area contributed by atoms with E-state index in [9.17, 15) is 5.11 Å². The van der Waals surface area contributed by atoms with Gasteiger partial charge in [-0.05, 0) is 37.0 Å². The summed E-state index contributed by atoms with van der Waals surface area (Å²) < 4.78 is 1.07. The molecule has 2 rings (SSSR count). The number of allylic oxidation sites excluding steroid dienone is 1. The minimum absolute atomic E-state index is 0.626. The van der Waals surface area contributed by atoms with Crippen LogP contribution in [0.5, 0.6) is 0 Å². The van der Waals surface area contributed by atoms with Crippen LogP contribution >= 0.6 is 15.9 Å². The molecule has 2 heteroatoms. The number of halogens is 1. The van der Waals surface area contributed by atoms with Crippen molar-refractivity contribution < 1.29 is 5.11 Å². The van der Waals surface area contributed by atoms with Crippen LogP contribution in [0.1, 0.15) is 24.8 Å². The molecule has 0 saturated carbocycles. The van der Waals surface area contributed by atoms with Crippen LogP contribution < -0.4 is 0 Å². The van der Waals surface area contributed by atoms with E-state index in [-0.39, 0.29) is 0 Å². The highest BCUT2D eigenvalue weighted by Crippen LogP contribution is 2.26. The van der Waals surface area contributed by atoms with E-state index in [1.54, 1.807) is 0 Å². The minimum atomic E-state index is -0.626. The molecule has 0 amide bonds. The van der Waals surface area contributed by atoms with Gasteiger partial charge in [0.2, 0.25) is 0 Å². The summed E-state index contributed by atoms with van der Waals surface area (Å²) in [6, 6.07) is 8.14. The van der Waals surface area contributed by atoms with Crippen molar-refractivity contribution in [3.8, 4) is 0 Å². The lowest BCUT2D eigenvalue weighted by Crippen LogP contribution is -2.30. The van der Waals surface area contributed by atoms with Gasteiger partial charge in [-0.2, -0.15) is 0 Å². The molecule has 1 aliphatic carbocycles. The summed E-state index contributed by atoms with van der Waals surface area (Å²) in [5, 5.41) is 10.3. The Balaban J connectivity index is 2.14. The minimum Gasteiger partial charge on any atom is -0.385 e. The van der Waals surface area contributed by atoms with Gasteiger partial charge in [0.1, 0.15) is 0 Å². The van der Waals surface area contributed by atoms with Crippen molar-refractivity contribution in [3.05, 3.63) is 46.5 Å². The molecule has 1 nitrogen and oxygen atoms in total. The van der Waals surface area contributed by atoms with Crippen molar-refractivity contribution in [2.75, 3.05) is 0 Å². The summed E-state index contributed by atoms with van der Waals surface area (Å²) in [6.07, 6.45) is 7.81. The molecule has 0 aromatic heterocycles. The molecular weight excluding hydrogens is 252 g/mol. The van der Waals surface area contributed by atoms with Crippen LogP contribution in [-0.2, 0) is 6.42 Å². The van der Waals surface area contributed by atoms with Gasteiger partial charge in [0.15, 0.2) is 0 Å². The van der Waals surface area contributed by atoms with E-state index < -0.39 is 5.60 Å². The second-order valence-electron chi connectivity index (χ2n) is 4.20. The summed E-state index contributed by atoms with van der Waals surface area (Å²) in [6.45, 7) is 0. The molecule has 0 fully saturated rings. The molecular formula is C13H15BrO. The Morgan fingerprint density at radius 2 is 2.27 bits per heavy atom. The summed E-state index contributed by atoms with van der Waals surface area (Å²) in [5.41, 5.74) is 0.553. The average Bonchev–Trinajstić information content (AvgIpc) is 2.18. The van der Waals surface area contributed by atoms with E-state index in [1.165, 1.54) is 5.56 Å². The van der Waals surface area contributed by atoms with Gasteiger partial charge in [-0.3, -0.25) is 0 Å². The molecule has 0 spiro atoms. The average molecular weight is 267 g/mol. The van der Waals surface area contributed by atoms with Gasteiger partial charge in [0.25, 0.3) is 0 Å². The first-order valence-electron chi connectivity index (χ1n) is 5.32. The monoisotopic (exact) mass is 266 g/mol. The summed E-state index contributed by atoms with van der Waals surface area (Å²) in [5.74, 6) is 0. The molecule has 0 aliphatic heterocycles. The summed E-state index contributed by atoms with van der Waals surface area (Å²) >= 11 is 3.44. The largest absolute Gasteiger partial charge is 0.385 e. The number of hydrogen-bond donors (Lipinski definition) is 1. The van der Waals surface area contributed by atoms with Gasteiger partial charge in [-0.25, -0.2) is 0 Å². The molecule has 0 radical (unpaired) electrons. The number of rotatable bonds is 2.